The van der Waals surface area contributed by atoms with Crippen molar-refractivity contribution >= 4 is 34.4 Å². The number of hydrogen-bond acceptors (Lipinski definition) is 3. The molecule has 6 heteroatoms. The molecule has 0 saturated heterocycles. The van der Waals surface area contributed by atoms with Crippen LogP contribution in [-0.4, -0.2) is 34.5 Å². The summed E-state index contributed by atoms with van der Waals surface area (Å²) in [5, 5.41) is 10.2. The zero-order chi connectivity index (χ0) is 16.4. The molecule has 2 rings (SSSR count). The maximum Gasteiger partial charge on any atom is 0.305 e. The first-order valence-corrected chi connectivity index (χ1v) is 7.40. The van der Waals surface area contributed by atoms with E-state index in [2.05, 4.69) is 0 Å². The minimum atomic E-state index is -0.938. The zero-order valence-electron chi connectivity index (χ0n) is 12.7. The third kappa shape index (κ3) is 3.25. The predicted octanol–water partition coefficient (Wildman–Crippen LogP) is 3.72. The molecule has 1 amide bonds. The molecule has 22 heavy (non-hydrogen) atoms. The van der Waals surface area contributed by atoms with Gasteiger partial charge in [0.2, 0.25) is 0 Å². The van der Waals surface area contributed by atoms with Gasteiger partial charge in [0, 0.05) is 28.6 Å². The number of carbonyl (C=O) groups is 2. The summed E-state index contributed by atoms with van der Waals surface area (Å²) >= 11 is 5.97. The zero-order valence-corrected chi connectivity index (χ0v) is 13.5. The Labute approximate surface area is 133 Å². The van der Waals surface area contributed by atoms with Crippen molar-refractivity contribution in [2.75, 3.05) is 6.54 Å². The maximum absolute atomic E-state index is 12.7. The second-order valence-electron chi connectivity index (χ2n) is 5.43. The van der Waals surface area contributed by atoms with Crippen LogP contribution in [0.5, 0.6) is 0 Å². The molecular weight excluding hydrogens is 306 g/mol. The van der Waals surface area contributed by atoms with Gasteiger partial charge in [-0.3, -0.25) is 9.59 Å². The number of amides is 1. The molecule has 0 atom stereocenters. The van der Waals surface area contributed by atoms with Crippen LogP contribution in [0.2, 0.25) is 5.02 Å². The van der Waals surface area contributed by atoms with E-state index in [9.17, 15) is 9.59 Å². The number of carboxylic acid groups (broad SMARTS) is 1. The number of rotatable bonds is 5. The smallest absolute Gasteiger partial charge is 0.305 e. The number of halogens is 1. The van der Waals surface area contributed by atoms with E-state index in [0.29, 0.717) is 16.2 Å². The monoisotopic (exact) mass is 323 g/mol. The van der Waals surface area contributed by atoms with Gasteiger partial charge in [-0.1, -0.05) is 11.6 Å². The van der Waals surface area contributed by atoms with Gasteiger partial charge in [-0.2, -0.15) is 0 Å². The summed E-state index contributed by atoms with van der Waals surface area (Å²) < 4.78 is 5.66. The van der Waals surface area contributed by atoms with Crippen LogP contribution in [0.25, 0.3) is 11.0 Å². The summed E-state index contributed by atoms with van der Waals surface area (Å²) in [4.78, 5) is 24.9. The highest BCUT2D eigenvalue weighted by molar-refractivity contribution is 6.31. The topological polar surface area (TPSA) is 70.8 Å². The first-order chi connectivity index (χ1) is 10.3. The molecule has 0 unspecified atom stereocenters. The summed E-state index contributed by atoms with van der Waals surface area (Å²) in [5.74, 6) is -1.01. The minimum Gasteiger partial charge on any atom is -0.481 e. The van der Waals surface area contributed by atoms with Crippen LogP contribution < -0.4 is 0 Å². The highest BCUT2D eigenvalue weighted by atomic mass is 35.5. The largest absolute Gasteiger partial charge is 0.481 e. The number of nitrogens with zero attached hydrogens (tertiary/aromatic N) is 1. The average Bonchev–Trinajstić information content (AvgIpc) is 2.75. The molecule has 0 aliphatic rings. The second kappa shape index (κ2) is 6.40. The van der Waals surface area contributed by atoms with Gasteiger partial charge in [-0.15, -0.1) is 0 Å². The Balaban J connectivity index is 2.38. The highest BCUT2D eigenvalue weighted by Gasteiger charge is 2.25. The molecule has 1 heterocycles. The first-order valence-electron chi connectivity index (χ1n) is 7.02. The highest BCUT2D eigenvalue weighted by Crippen LogP contribution is 2.29. The van der Waals surface area contributed by atoms with E-state index >= 15 is 0 Å². The van der Waals surface area contributed by atoms with Crippen LogP contribution in [0, 0.1) is 6.92 Å². The van der Waals surface area contributed by atoms with E-state index in [0.717, 1.165) is 5.39 Å². The Morgan fingerprint density at radius 2 is 2.05 bits per heavy atom. The van der Waals surface area contributed by atoms with Crippen molar-refractivity contribution in [3.63, 3.8) is 0 Å². The molecule has 0 radical (unpaired) electrons. The van der Waals surface area contributed by atoms with Gasteiger partial charge < -0.3 is 14.4 Å². The van der Waals surface area contributed by atoms with Gasteiger partial charge in [-0.05, 0) is 39.0 Å². The molecule has 1 aromatic carbocycles. The Kier molecular flexibility index (Phi) is 4.76. The number of aliphatic carboxylic acids is 1. The average molecular weight is 324 g/mol. The summed E-state index contributed by atoms with van der Waals surface area (Å²) in [6, 6.07) is 5.05. The summed E-state index contributed by atoms with van der Waals surface area (Å²) in [6.45, 7) is 5.62. The fourth-order valence-electron chi connectivity index (χ4n) is 2.34. The second-order valence-corrected chi connectivity index (χ2v) is 5.87. The number of benzene rings is 1. The lowest BCUT2D eigenvalue weighted by molar-refractivity contribution is -0.137. The lowest BCUT2D eigenvalue weighted by Gasteiger charge is -2.25. The van der Waals surface area contributed by atoms with E-state index in [4.69, 9.17) is 21.1 Å². The molecule has 2 aromatic rings. The van der Waals surface area contributed by atoms with Crippen molar-refractivity contribution < 1.29 is 19.1 Å². The molecule has 1 N–H and O–H groups in total. The Morgan fingerprint density at radius 3 is 2.64 bits per heavy atom. The standard InChI is InChI=1S/C16H18ClNO4/c1-9(2)18(7-6-14(19)20)16(21)15-10(3)12-8-11(17)4-5-13(12)22-15/h4-5,8-9H,6-7H2,1-3H3,(H,19,20). The van der Waals surface area contributed by atoms with E-state index < -0.39 is 5.97 Å². The van der Waals surface area contributed by atoms with Crippen molar-refractivity contribution in [1.82, 2.24) is 4.90 Å². The van der Waals surface area contributed by atoms with E-state index in [-0.39, 0.29) is 30.7 Å². The summed E-state index contributed by atoms with van der Waals surface area (Å²) in [5.41, 5.74) is 1.30. The van der Waals surface area contributed by atoms with E-state index in [1.54, 1.807) is 25.1 Å². The number of carboxylic acids is 1. The van der Waals surface area contributed by atoms with Gasteiger partial charge in [0.15, 0.2) is 5.76 Å². The molecule has 0 spiro atoms. The Hall–Kier alpha value is -2.01. The van der Waals surface area contributed by atoms with Gasteiger partial charge in [0.25, 0.3) is 5.91 Å². The third-order valence-corrected chi connectivity index (χ3v) is 3.78. The van der Waals surface area contributed by atoms with Crippen molar-refractivity contribution in [3.05, 3.63) is 34.5 Å². The lowest BCUT2D eigenvalue weighted by Crippen LogP contribution is -2.38. The first kappa shape index (κ1) is 16.4. The molecular formula is C16H18ClNO4. The number of hydrogen-bond donors (Lipinski definition) is 1. The molecule has 118 valence electrons. The number of aryl methyl sites for hydroxylation is 1. The van der Waals surface area contributed by atoms with Crippen molar-refractivity contribution in [2.45, 2.75) is 33.2 Å². The molecule has 0 saturated carbocycles. The van der Waals surface area contributed by atoms with Gasteiger partial charge in [0.05, 0.1) is 6.42 Å². The van der Waals surface area contributed by atoms with Crippen LogP contribution >= 0.6 is 11.6 Å². The van der Waals surface area contributed by atoms with Gasteiger partial charge >= 0.3 is 5.97 Å². The van der Waals surface area contributed by atoms with Crippen LogP contribution in [0.4, 0.5) is 0 Å². The molecule has 1 aromatic heterocycles. The number of fused-ring (bicyclic) bond motifs is 1. The lowest BCUT2D eigenvalue weighted by atomic mass is 10.1. The van der Waals surface area contributed by atoms with Gasteiger partial charge in [-0.25, -0.2) is 0 Å². The molecule has 0 bridgehead atoms. The normalized spacial score (nSPS) is 11.1. The van der Waals surface area contributed by atoms with Crippen LogP contribution in [0.15, 0.2) is 22.6 Å². The SMILES string of the molecule is Cc1c(C(=O)N(CCC(=O)O)C(C)C)oc2ccc(Cl)cc12. The number of carbonyl (C=O) groups excluding carboxylic acids is 1. The Bertz CT molecular complexity index is 720. The van der Waals surface area contributed by atoms with Crippen molar-refractivity contribution in [3.8, 4) is 0 Å². The van der Waals surface area contributed by atoms with Gasteiger partial charge in [0.1, 0.15) is 5.58 Å². The molecule has 0 aliphatic heterocycles. The molecule has 0 fully saturated rings. The molecule has 0 aliphatic carbocycles. The summed E-state index contributed by atoms with van der Waals surface area (Å²) in [6.07, 6.45) is -0.102. The van der Waals surface area contributed by atoms with Crippen LogP contribution in [0.3, 0.4) is 0 Å². The Morgan fingerprint density at radius 1 is 1.36 bits per heavy atom. The number of furan rings is 1. The molecule has 5 nitrogen and oxygen atoms in total. The fraction of sp³-hybridized carbons (Fsp3) is 0.375. The van der Waals surface area contributed by atoms with E-state index in [1.165, 1.54) is 4.90 Å². The fourth-order valence-corrected chi connectivity index (χ4v) is 2.51. The van der Waals surface area contributed by atoms with E-state index in [1.807, 2.05) is 13.8 Å². The minimum absolute atomic E-state index is 0.102. The van der Waals surface area contributed by atoms with Crippen molar-refractivity contribution in [2.24, 2.45) is 0 Å². The van der Waals surface area contributed by atoms with Crippen LogP contribution in [-0.2, 0) is 4.79 Å². The summed E-state index contributed by atoms with van der Waals surface area (Å²) in [7, 11) is 0. The maximum atomic E-state index is 12.7. The third-order valence-electron chi connectivity index (χ3n) is 3.54. The van der Waals surface area contributed by atoms with Crippen molar-refractivity contribution in [1.29, 1.82) is 0 Å². The van der Waals surface area contributed by atoms with Crippen LogP contribution in [0.1, 0.15) is 36.4 Å². The predicted molar refractivity (Wildman–Crippen MR) is 84.4 cm³/mol. The quantitative estimate of drug-likeness (QED) is 0.910.